The summed E-state index contributed by atoms with van der Waals surface area (Å²) in [4.78, 5) is 24.6. The molecular weight excluding hydrogens is 280 g/mol. The Morgan fingerprint density at radius 2 is 2.25 bits per heavy atom. The molecule has 0 N–H and O–H groups in total. The number of nitro groups is 1. The molecule has 1 amide bonds. The van der Waals surface area contributed by atoms with Gasteiger partial charge < -0.3 is 4.90 Å². The minimum atomic E-state index is -0.455. The van der Waals surface area contributed by atoms with Gasteiger partial charge in [-0.25, -0.2) is 0 Å². The molecular formula is C14H17ClN2O3. The molecule has 0 aliphatic carbocycles. The molecule has 1 fully saturated rings. The Labute approximate surface area is 122 Å². The predicted octanol–water partition coefficient (Wildman–Crippen LogP) is 3.14. The molecule has 1 saturated heterocycles. The Hall–Kier alpha value is -1.62. The summed E-state index contributed by atoms with van der Waals surface area (Å²) in [6.45, 7) is 2.42. The molecule has 1 aromatic rings. The highest BCUT2D eigenvalue weighted by Crippen LogP contribution is 2.23. The van der Waals surface area contributed by atoms with E-state index >= 15 is 0 Å². The Morgan fingerprint density at radius 1 is 1.50 bits per heavy atom. The minimum absolute atomic E-state index is 0.00610. The number of aryl methyl sites for hydroxylation is 1. The van der Waals surface area contributed by atoms with Crippen LogP contribution in [0.1, 0.15) is 35.2 Å². The lowest BCUT2D eigenvalue weighted by Gasteiger charge is -2.35. The first kappa shape index (κ1) is 14.8. The van der Waals surface area contributed by atoms with Crippen molar-refractivity contribution in [3.8, 4) is 0 Å². The topological polar surface area (TPSA) is 63.5 Å². The third-order valence-electron chi connectivity index (χ3n) is 3.72. The maximum Gasteiger partial charge on any atom is 0.269 e. The van der Waals surface area contributed by atoms with E-state index in [-0.39, 0.29) is 17.6 Å². The summed E-state index contributed by atoms with van der Waals surface area (Å²) in [6.07, 6.45) is 2.98. The molecule has 0 spiro atoms. The van der Waals surface area contributed by atoms with E-state index in [4.69, 9.17) is 11.6 Å². The van der Waals surface area contributed by atoms with Crippen molar-refractivity contribution in [1.29, 1.82) is 0 Å². The maximum atomic E-state index is 12.6. The third-order valence-corrected chi connectivity index (χ3v) is 4.07. The summed E-state index contributed by atoms with van der Waals surface area (Å²) in [5, 5.41) is 10.7. The summed E-state index contributed by atoms with van der Waals surface area (Å²) in [5.74, 6) is 0.348. The molecule has 1 atom stereocenters. The quantitative estimate of drug-likeness (QED) is 0.489. The fourth-order valence-electron chi connectivity index (χ4n) is 2.58. The Bertz CT molecular complexity index is 533. The second-order valence-electron chi connectivity index (χ2n) is 5.06. The average molecular weight is 297 g/mol. The van der Waals surface area contributed by atoms with Crippen LogP contribution in [-0.2, 0) is 0 Å². The molecule has 5 nitrogen and oxygen atoms in total. The summed E-state index contributed by atoms with van der Waals surface area (Å²) >= 11 is 5.93. The second kappa shape index (κ2) is 6.22. The molecule has 1 heterocycles. The lowest BCUT2D eigenvalue weighted by Crippen LogP contribution is -2.44. The number of nitro benzene ring substituents is 1. The first-order valence-electron chi connectivity index (χ1n) is 6.66. The number of rotatable bonds is 3. The maximum absolute atomic E-state index is 12.6. The van der Waals surface area contributed by atoms with E-state index in [2.05, 4.69) is 0 Å². The Morgan fingerprint density at radius 3 is 2.85 bits per heavy atom. The van der Waals surface area contributed by atoms with Crippen molar-refractivity contribution < 1.29 is 9.72 Å². The smallest absolute Gasteiger partial charge is 0.269 e. The number of hydrogen-bond donors (Lipinski definition) is 0. The van der Waals surface area contributed by atoms with Gasteiger partial charge in [0.05, 0.1) is 4.92 Å². The van der Waals surface area contributed by atoms with Crippen LogP contribution in [0.15, 0.2) is 18.2 Å². The van der Waals surface area contributed by atoms with E-state index in [1.165, 1.54) is 18.2 Å². The number of non-ortho nitro benzene ring substituents is 1. The van der Waals surface area contributed by atoms with Crippen LogP contribution in [0.5, 0.6) is 0 Å². The van der Waals surface area contributed by atoms with E-state index in [0.717, 1.165) is 19.3 Å². The number of alkyl halides is 1. The van der Waals surface area contributed by atoms with Gasteiger partial charge in [0.2, 0.25) is 0 Å². The van der Waals surface area contributed by atoms with Gasteiger partial charge in [0.15, 0.2) is 0 Å². The number of hydrogen-bond acceptors (Lipinski definition) is 3. The van der Waals surface area contributed by atoms with Crippen LogP contribution in [-0.4, -0.2) is 34.2 Å². The fraction of sp³-hybridized carbons (Fsp3) is 0.500. The second-order valence-corrected chi connectivity index (χ2v) is 5.37. The molecule has 1 aliphatic rings. The highest BCUT2D eigenvalue weighted by atomic mass is 35.5. The molecule has 0 radical (unpaired) electrons. The van der Waals surface area contributed by atoms with Crippen molar-refractivity contribution >= 4 is 23.2 Å². The highest BCUT2D eigenvalue weighted by molar-refractivity contribution is 6.18. The lowest BCUT2D eigenvalue weighted by molar-refractivity contribution is -0.384. The summed E-state index contributed by atoms with van der Waals surface area (Å²) in [7, 11) is 0. The molecule has 6 heteroatoms. The van der Waals surface area contributed by atoms with E-state index in [0.29, 0.717) is 23.6 Å². The number of halogens is 1. The van der Waals surface area contributed by atoms with Crippen LogP contribution in [0.4, 0.5) is 5.69 Å². The fourth-order valence-corrected chi connectivity index (χ4v) is 2.91. The molecule has 1 unspecified atom stereocenters. The normalized spacial score (nSPS) is 18.9. The van der Waals surface area contributed by atoms with Crippen LogP contribution < -0.4 is 0 Å². The molecule has 0 aromatic heterocycles. The number of amides is 1. The monoisotopic (exact) mass is 296 g/mol. The van der Waals surface area contributed by atoms with Crippen molar-refractivity contribution in [2.45, 2.75) is 32.2 Å². The largest absolute Gasteiger partial charge is 0.334 e. The van der Waals surface area contributed by atoms with E-state index in [1.807, 2.05) is 0 Å². The first-order valence-corrected chi connectivity index (χ1v) is 7.20. The number of carbonyl (C=O) groups excluding carboxylic acids is 1. The molecule has 108 valence electrons. The van der Waals surface area contributed by atoms with E-state index < -0.39 is 4.92 Å². The predicted molar refractivity (Wildman–Crippen MR) is 77.2 cm³/mol. The van der Waals surface area contributed by atoms with Gasteiger partial charge >= 0.3 is 0 Å². The van der Waals surface area contributed by atoms with Gasteiger partial charge in [0.25, 0.3) is 11.6 Å². The van der Waals surface area contributed by atoms with Crippen molar-refractivity contribution in [2.24, 2.45) is 0 Å². The van der Waals surface area contributed by atoms with Crippen LogP contribution in [0, 0.1) is 17.0 Å². The molecule has 0 bridgehead atoms. The zero-order valence-electron chi connectivity index (χ0n) is 11.3. The van der Waals surface area contributed by atoms with Gasteiger partial charge in [0, 0.05) is 36.2 Å². The van der Waals surface area contributed by atoms with E-state index in [9.17, 15) is 14.9 Å². The molecule has 20 heavy (non-hydrogen) atoms. The SMILES string of the molecule is Cc1cc([N+](=O)[O-])ccc1C(=O)N1CCCCC1CCl. The Kier molecular flexibility index (Phi) is 4.60. The molecule has 0 saturated carbocycles. The summed E-state index contributed by atoms with van der Waals surface area (Å²) < 4.78 is 0. The highest BCUT2D eigenvalue weighted by Gasteiger charge is 2.28. The van der Waals surface area contributed by atoms with Crippen molar-refractivity contribution in [3.63, 3.8) is 0 Å². The minimum Gasteiger partial charge on any atom is -0.334 e. The van der Waals surface area contributed by atoms with Crippen LogP contribution in [0.2, 0.25) is 0 Å². The number of likely N-dealkylation sites (tertiary alicyclic amines) is 1. The van der Waals surface area contributed by atoms with Gasteiger partial charge in [-0.05, 0) is 37.8 Å². The van der Waals surface area contributed by atoms with Crippen molar-refractivity contribution in [3.05, 3.63) is 39.4 Å². The first-order chi connectivity index (χ1) is 9.54. The molecule has 1 aliphatic heterocycles. The number of carbonyl (C=O) groups is 1. The summed E-state index contributed by atoms with van der Waals surface area (Å²) in [5.41, 5.74) is 1.15. The zero-order valence-corrected chi connectivity index (χ0v) is 12.1. The zero-order chi connectivity index (χ0) is 14.7. The number of piperidine rings is 1. The number of nitrogens with zero attached hydrogens (tertiary/aromatic N) is 2. The van der Waals surface area contributed by atoms with Crippen LogP contribution >= 0.6 is 11.6 Å². The lowest BCUT2D eigenvalue weighted by atomic mass is 10.0. The van der Waals surface area contributed by atoms with Crippen LogP contribution in [0.3, 0.4) is 0 Å². The Balaban J connectivity index is 2.26. The summed E-state index contributed by atoms with van der Waals surface area (Å²) in [6, 6.07) is 4.41. The molecule has 2 rings (SSSR count). The van der Waals surface area contributed by atoms with Gasteiger partial charge in [-0.1, -0.05) is 0 Å². The average Bonchev–Trinajstić information content (AvgIpc) is 2.46. The molecule has 1 aromatic carbocycles. The van der Waals surface area contributed by atoms with Crippen LogP contribution in [0.25, 0.3) is 0 Å². The van der Waals surface area contributed by atoms with Gasteiger partial charge in [-0.3, -0.25) is 14.9 Å². The van der Waals surface area contributed by atoms with Gasteiger partial charge in [-0.15, -0.1) is 11.6 Å². The third kappa shape index (κ3) is 2.93. The van der Waals surface area contributed by atoms with Crippen molar-refractivity contribution in [2.75, 3.05) is 12.4 Å². The number of benzene rings is 1. The standard InChI is InChI=1S/C14H17ClN2O3/c1-10-8-11(17(19)20)5-6-13(10)14(18)16-7-3-2-4-12(16)9-15/h5-6,8,12H,2-4,7,9H2,1H3. The van der Waals surface area contributed by atoms with Gasteiger partial charge in [-0.2, -0.15) is 0 Å². The van der Waals surface area contributed by atoms with E-state index in [1.54, 1.807) is 11.8 Å². The van der Waals surface area contributed by atoms with Crippen molar-refractivity contribution in [1.82, 2.24) is 4.90 Å². The van der Waals surface area contributed by atoms with Gasteiger partial charge in [0.1, 0.15) is 0 Å².